The standard InChI is InChI=1S/C19H22N4O2/c1-14(24)16-6-2-3-7-17(16)22-19(25)13-23-10-9-21-12-18(23)15-5-4-8-20-11-15/h2-8,11,18,21H,9-10,12-13H2,1H3,(H,22,25). The summed E-state index contributed by atoms with van der Waals surface area (Å²) in [4.78, 5) is 30.5. The zero-order valence-electron chi connectivity index (χ0n) is 14.2. The Hall–Kier alpha value is -2.57. The first-order valence-electron chi connectivity index (χ1n) is 8.39. The average molecular weight is 338 g/mol. The number of anilines is 1. The molecule has 1 aliphatic rings. The summed E-state index contributed by atoms with van der Waals surface area (Å²) >= 11 is 0. The van der Waals surface area contributed by atoms with Gasteiger partial charge in [0.2, 0.25) is 5.91 Å². The molecule has 6 nitrogen and oxygen atoms in total. The second-order valence-electron chi connectivity index (χ2n) is 6.13. The van der Waals surface area contributed by atoms with Gasteiger partial charge in [-0.05, 0) is 30.7 Å². The molecule has 6 heteroatoms. The van der Waals surface area contributed by atoms with Crippen molar-refractivity contribution in [3.63, 3.8) is 0 Å². The van der Waals surface area contributed by atoms with Crippen LogP contribution < -0.4 is 10.6 Å². The number of carbonyl (C=O) groups excluding carboxylic acids is 2. The number of ketones is 1. The molecule has 1 aliphatic heterocycles. The first kappa shape index (κ1) is 17.3. The highest BCUT2D eigenvalue weighted by atomic mass is 16.2. The Labute approximate surface area is 147 Å². The van der Waals surface area contributed by atoms with E-state index in [0.717, 1.165) is 25.2 Å². The molecule has 0 saturated carbocycles. The number of rotatable bonds is 5. The van der Waals surface area contributed by atoms with Crippen LogP contribution in [0.5, 0.6) is 0 Å². The summed E-state index contributed by atoms with van der Waals surface area (Å²) in [5.74, 6) is -0.184. The van der Waals surface area contributed by atoms with Gasteiger partial charge in [-0.1, -0.05) is 18.2 Å². The van der Waals surface area contributed by atoms with Crippen molar-refractivity contribution in [3.8, 4) is 0 Å². The lowest BCUT2D eigenvalue weighted by Crippen LogP contribution is -2.48. The number of carbonyl (C=O) groups is 2. The minimum absolute atomic E-state index is 0.0636. The zero-order valence-corrected chi connectivity index (χ0v) is 14.2. The van der Waals surface area contributed by atoms with E-state index < -0.39 is 0 Å². The number of piperazine rings is 1. The van der Waals surface area contributed by atoms with Crippen molar-refractivity contribution in [2.45, 2.75) is 13.0 Å². The first-order chi connectivity index (χ1) is 12.1. The fraction of sp³-hybridized carbons (Fsp3) is 0.316. The van der Waals surface area contributed by atoms with E-state index in [-0.39, 0.29) is 24.3 Å². The maximum Gasteiger partial charge on any atom is 0.238 e. The molecule has 130 valence electrons. The lowest BCUT2D eigenvalue weighted by Gasteiger charge is -2.35. The summed E-state index contributed by atoms with van der Waals surface area (Å²) in [7, 11) is 0. The normalized spacial score (nSPS) is 17.9. The molecule has 0 bridgehead atoms. The van der Waals surface area contributed by atoms with Gasteiger partial charge < -0.3 is 10.6 Å². The van der Waals surface area contributed by atoms with E-state index in [2.05, 4.69) is 20.5 Å². The predicted octanol–water partition coefficient (Wildman–Crippen LogP) is 1.87. The van der Waals surface area contributed by atoms with Crippen molar-refractivity contribution >= 4 is 17.4 Å². The summed E-state index contributed by atoms with van der Waals surface area (Å²) in [6.07, 6.45) is 3.59. The summed E-state index contributed by atoms with van der Waals surface area (Å²) in [5, 5.41) is 6.24. The molecule has 1 fully saturated rings. The third-order valence-corrected chi connectivity index (χ3v) is 4.35. The van der Waals surface area contributed by atoms with Crippen LogP contribution in [0.25, 0.3) is 0 Å². The predicted molar refractivity (Wildman–Crippen MR) is 96.5 cm³/mol. The number of nitrogens with zero attached hydrogens (tertiary/aromatic N) is 2. The number of aromatic nitrogens is 1. The van der Waals surface area contributed by atoms with Gasteiger partial charge >= 0.3 is 0 Å². The second kappa shape index (κ2) is 8.00. The van der Waals surface area contributed by atoms with Gasteiger partial charge in [0.05, 0.1) is 12.2 Å². The van der Waals surface area contributed by atoms with Crippen molar-refractivity contribution in [1.29, 1.82) is 0 Å². The third kappa shape index (κ3) is 4.29. The van der Waals surface area contributed by atoms with E-state index in [1.807, 2.05) is 24.4 Å². The lowest BCUT2D eigenvalue weighted by atomic mass is 10.1. The molecular weight excluding hydrogens is 316 g/mol. The quantitative estimate of drug-likeness (QED) is 0.814. The summed E-state index contributed by atoms with van der Waals surface area (Å²) in [6, 6.07) is 11.1. The topological polar surface area (TPSA) is 74.3 Å². The molecule has 0 radical (unpaired) electrons. The highest BCUT2D eigenvalue weighted by Gasteiger charge is 2.25. The molecule has 1 atom stereocenters. The molecule has 1 unspecified atom stereocenters. The van der Waals surface area contributed by atoms with E-state index in [1.54, 1.807) is 24.4 Å². The number of amides is 1. The zero-order chi connectivity index (χ0) is 17.6. The lowest BCUT2D eigenvalue weighted by molar-refractivity contribution is -0.118. The van der Waals surface area contributed by atoms with Gasteiger partial charge in [-0.3, -0.25) is 19.5 Å². The molecule has 3 rings (SSSR count). The van der Waals surface area contributed by atoms with Crippen molar-refractivity contribution < 1.29 is 9.59 Å². The molecule has 1 aromatic heterocycles. The molecule has 2 heterocycles. The molecule has 0 aliphatic carbocycles. The molecule has 2 N–H and O–H groups in total. The Morgan fingerprint density at radius 2 is 2.12 bits per heavy atom. The Kier molecular flexibility index (Phi) is 5.53. The molecule has 25 heavy (non-hydrogen) atoms. The van der Waals surface area contributed by atoms with Crippen molar-refractivity contribution in [2.75, 3.05) is 31.5 Å². The van der Waals surface area contributed by atoms with E-state index in [9.17, 15) is 9.59 Å². The smallest absolute Gasteiger partial charge is 0.238 e. The van der Waals surface area contributed by atoms with Gasteiger partial charge in [0.25, 0.3) is 0 Å². The molecule has 1 saturated heterocycles. The summed E-state index contributed by atoms with van der Waals surface area (Å²) < 4.78 is 0. The number of Topliss-reactive ketones (excluding diaryl/α,β-unsaturated/α-hetero) is 1. The van der Waals surface area contributed by atoms with E-state index in [1.165, 1.54) is 6.92 Å². The molecular formula is C19H22N4O2. The summed E-state index contributed by atoms with van der Waals surface area (Å²) in [6.45, 7) is 4.17. The van der Waals surface area contributed by atoms with Crippen LogP contribution in [0.2, 0.25) is 0 Å². The Morgan fingerprint density at radius 3 is 2.88 bits per heavy atom. The van der Waals surface area contributed by atoms with Crippen LogP contribution in [-0.4, -0.2) is 47.8 Å². The van der Waals surface area contributed by atoms with Crippen LogP contribution in [0.3, 0.4) is 0 Å². The number of benzene rings is 1. The minimum atomic E-state index is -0.121. The fourth-order valence-electron chi connectivity index (χ4n) is 3.11. The fourth-order valence-corrected chi connectivity index (χ4v) is 3.11. The van der Waals surface area contributed by atoms with Crippen molar-refractivity contribution in [3.05, 3.63) is 59.9 Å². The van der Waals surface area contributed by atoms with Crippen LogP contribution in [0.4, 0.5) is 5.69 Å². The minimum Gasteiger partial charge on any atom is -0.324 e. The molecule has 2 aromatic rings. The Bertz CT molecular complexity index is 748. The van der Waals surface area contributed by atoms with Gasteiger partial charge in [0.1, 0.15) is 0 Å². The molecule has 0 spiro atoms. The average Bonchev–Trinajstić information content (AvgIpc) is 2.63. The van der Waals surface area contributed by atoms with Gasteiger partial charge in [0.15, 0.2) is 5.78 Å². The number of hydrogen-bond acceptors (Lipinski definition) is 5. The van der Waals surface area contributed by atoms with Crippen LogP contribution in [0, 0.1) is 0 Å². The maximum atomic E-state index is 12.5. The SMILES string of the molecule is CC(=O)c1ccccc1NC(=O)CN1CCNCC1c1cccnc1. The second-order valence-corrected chi connectivity index (χ2v) is 6.13. The van der Waals surface area contributed by atoms with Crippen LogP contribution in [0.15, 0.2) is 48.8 Å². The number of nitrogens with one attached hydrogen (secondary N) is 2. The van der Waals surface area contributed by atoms with Crippen LogP contribution >= 0.6 is 0 Å². The number of pyridine rings is 1. The van der Waals surface area contributed by atoms with Crippen molar-refractivity contribution in [2.24, 2.45) is 0 Å². The Morgan fingerprint density at radius 1 is 1.28 bits per heavy atom. The maximum absolute atomic E-state index is 12.5. The number of hydrogen-bond donors (Lipinski definition) is 2. The largest absolute Gasteiger partial charge is 0.324 e. The van der Waals surface area contributed by atoms with E-state index in [4.69, 9.17) is 0 Å². The highest BCUT2D eigenvalue weighted by molar-refractivity contribution is 6.04. The van der Waals surface area contributed by atoms with Crippen LogP contribution in [-0.2, 0) is 4.79 Å². The molecule has 1 amide bonds. The Balaban J connectivity index is 1.70. The first-order valence-corrected chi connectivity index (χ1v) is 8.39. The van der Waals surface area contributed by atoms with E-state index >= 15 is 0 Å². The van der Waals surface area contributed by atoms with Gasteiger partial charge in [-0.25, -0.2) is 0 Å². The van der Waals surface area contributed by atoms with Crippen LogP contribution in [0.1, 0.15) is 28.9 Å². The van der Waals surface area contributed by atoms with Crippen molar-refractivity contribution in [1.82, 2.24) is 15.2 Å². The van der Waals surface area contributed by atoms with Gasteiger partial charge in [0, 0.05) is 43.6 Å². The summed E-state index contributed by atoms with van der Waals surface area (Å²) in [5.41, 5.74) is 2.18. The van der Waals surface area contributed by atoms with Gasteiger partial charge in [-0.2, -0.15) is 0 Å². The molecule has 1 aromatic carbocycles. The highest BCUT2D eigenvalue weighted by Crippen LogP contribution is 2.21. The third-order valence-electron chi connectivity index (χ3n) is 4.35. The number of para-hydroxylation sites is 1. The monoisotopic (exact) mass is 338 g/mol. The van der Waals surface area contributed by atoms with Gasteiger partial charge in [-0.15, -0.1) is 0 Å². The van der Waals surface area contributed by atoms with E-state index in [0.29, 0.717) is 11.3 Å².